The van der Waals surface area contributed by atoms with E-state index in [1.807, 2.05) is 25.1 Å². The fourth-order valence-corrected chi connectivity index (χ4v) is 2.35. The SMILES string of the molecule is Cc1c(C(=O)c2ccccc2)csc1C#N. The molecule has 0 saturated carbocycles. The summed E-state index contributed by atoms with van der Waals surface area (Å²) in [6, 6.07) is 11.2. The monoisotopic (exact) mass is 227 g/mol. The number of thiophene rings is 1. The maximum Gasteiger partial charge on any atom is 0.194 e. The van der Waals surface area contributed by atoms with Gasteiger partial charge in [-0.25, -0.2) is 0 Å². The number of ketones is 1. The standard InChI is InChI=1S/C13H9NOS/c1-9-11(8-16-12(9)7-14)13(15)10-5-3-2-4-6-10/h2-6,8H,1H3. The van der Waals surface area contributed by atoms with E-state index in [2.05, 4.69) is 6.07 Å². The molecule has 1 heterocycles. The highest BCUT2D eigenvalue weighted by Gasteiger charge is 2.15. The maximum absolute atomic E-state index is 12.1. The van der Waals surface area contributed by atoms with Crippen molar-refractivity contribution in [2.45, 2.75) is 6.92 Å². The molecule has 16 heavy (non-hydrogen) atoms. The zero-order valence-corrected chi connectivity index (χ0v) is 9.54. The normalized spacial score (nSPS) is 9.75. The summed E-state index contributed by atoms with van der Waals surface area (Å²) in [5.74, 6) is -0.0177. The molecule has 0 aliphatic carbocycles. The van der Waals surface area contributed by atoms with E-state index in [1.165, 1.54) is 11.3 Å². The molecule has 0 unspecified atom stereocenters. The minimum Gasteiger partial charge on any atom is -0.289 e. The van der Waals surface area contributed by atoms with Crippen LogP contribution in [-0.2, 0) is 0 Å². The predicted octanol–water partition coefficient (Wildman–Crippen LogP) is 3.16. The van der Waals surface area contributed by atoms with E-state index in [9.17, 15) is 4.79 Å². The Kier molecular flexibility index (Phi) is 2.84. The summed E-state index contributed by atoms with van der Waals surface area (Å²) in [5.41, 5.74) is 2.07. The van der Waals surface area contributed by atoms with Gasteiger partial charge in [0.1, 0.15) is 10.9 Å². The van der Waals surface area contributed by atoms with Crippen LogP contribution >= 0.6 is 11.3 Å². The van der Waals surface area contributed by atoms with Crippen LogP contribution in [-0.4, -0.2) is 5.78 Å². The molecule has 3 heteroatoms. The molecule has 0 fully saturated rings. The van der Waals surface area contributed by atoms with Crippen LogP contribution in [0.4, 0.5) is 0 Å². The van der Waals surface area contributed by atoms with Crippen LogP contribution in [0.5, 0.6) is 0 Å². The number of hydrogen-bond acceptors (Lipinski definition) is 3. The third-order valence-electron chi connectivity index (χ3n) is 2.42. The molecule has 2 rings (SSSR count). The first-order valence-electron chi connectivity index (χ1n) is 4.82. The van der Waals surface area contributed by atoms with Crippen molar-refractivity contribution < 1.29 is 4.79 Å². The average molecular weight is 227 g/mol. The maximum atomic E-state index is 12.1. The topological polar surface area (TPSA) is 40.9 Å². The Hall–Kier alpha value is -1.92. The average Bonchev–Trinajstić information content (AvgIpc) is 2.70. The van der Waals surface area contributed by atoms with Gasteiger partial charge in [0, 0.05) is 16.5 Å². The molecule has 0 bridgehead atoms. The first-order valence-corrected chi connectivity index (χ1v) is 5.70. The van der Waals surface area contributed by atoms with Crippen molar-refractivity contribution in [3.05, 3.63) is 57.3 Å². The lowest BCUT2D eigenvalue weighted by Gasteiger charge is -1.99. The summed E-state index contributed by atoms with van der Waals surface area (Å²) in [5, 5.41) is 10.6. The first kappa shape index (κ1) is 10.6. The number of nitrogens with zero attached hydrogens (tertiary/aromatic N) is 1. The number of carbonyl (C=O) groups excluding carboxylic acids is 1. The summed E-state index contributed by atoms with van der Waals surface area (Å²) < 4.78 is 0. The third-order valence-corrected chi connectivity index (χ3v) is 3.41. The highest BCUT2D eigenvalue weighted by Crippen LogP contribution is 2.23. The Morgan fingerprint density at radius 3 is 2.56 bits per heavy atom. The second-order valence-electron chi connectivity index (χ2n) is 3.41. The molecule has 2 aromatic rings. The number of rotatable bonds is 2. The molecular weight excluding hydrogens is 218 g/mol. The smallest absolute Gasteiger partial charge is 0.194 e. The van der Waals surface area contributed by atoms with Crippen molar-refractivity contribution >= 4 is 17.1 Å². The van der Waals surface area contributed by atoms with E-state index < -0.39 is 0 Å². The predicted molar refractivity (Wildman–Crippen MR) is 63.6 cm³/mol. The Balaban J connectivity index is 2.43. The number of carbonyl (C=O) groups is 1. The fraction of sp³-hybridized carbons (Fsp3) is 0.0769. The highest BCUT2D eigenvalue weighted by atomic mass is 32.1. The molecule has 2 nitrogen and oxygen atoms in total. The largest absolute Gasteiger partial charge is 0.289 e. The van der Waals surface area contributed by atoms with Gasteiger partial charge in [0.25, 0.3) is 0 Å². The molecule has 78 valence electrons. The van der Waals surface area contributed by atoms with Crippen molar-refractivity contribution in [3.8, 4) is 6.07 Å². The lowest BCUT2D eigenvalue weighted by molar-refractivity contribution is 0.103. The molecule has 0 saturated heterocycles. The molecule has 1 aromatic heterocycles. The van der Waals surface area contributed by atoms with Crippen LogP contribution in [0.1, 0.15) is 26.4 Å². The van der Waals surface area contributed by atoms with Crippen LogP contribution in [0.15, 0.2) is 35.7 Å². The molecule has 0 radical (unpaired) electrons. The molecule has 0 N–H and O–H groups in total. The van der Waals surface area contributed by atoms with Crippen molar-refractivity contribution in [2.24, 2.45) is 0 Å². The lowest BCUT2D eigenvalue weighted by Crippen LogP contribution is -2.01. The molecule has 0 aliphatic heterocycles. The minimum atomic E-state index is -0.0177. The van der Waals surface area contributed by atoms with Gasteiger partial charge in [-0.3, -0.25) is 4.79 Å². The molecule has 0 aliphatic rings. The highest BCUT2D eigenvalue weighted by molar-refractivity contribution is 7.11. The number of nitriles is 1. The summed E-state index contributed by atoms with van der Waals surface area (Å²) in [7, 11) is 0. The minimum absolute atomic E-state index is 0.0177. The van der Waals surface area contributed by atoms with Gasteiger partial charge in [-0.1, -0.05) is 30.3 Å². The van der Waals surface area contributed by atoms with Gasteiger partial charge in [-0.05, 0) is 12.5 Å². The summed E-state index contributed by atoms with van der Waals surface area (Å²) in [6.07, 6.45) is 0. The van der Waals surface area contributed by atoms with Gasteiger partial charge in [-0.2, -0.15) is 5.26 Å². The molecule has 0 amide bonds. The summed E-state index contributed by atoms with van der Waals surface area (Å²) in [4.78, 5) is 12.7. The van der Waals surface area contributed by atoms with Crippen LogP contribution < -0.4 is 0 Å². The Bertz CT molecular complexity index is 563. The number of benzene rings is 1. The van der Waals surface area contributed by atoms with E-state index in [0.29, 0.717) is 16.0 Å². The zero-order chi connectivity index (χ0) is 11.5. The Morgan fingerprint density at radius 1 is 1.31 bits per heavy atom. The van der Waals surface area contributed by atoms with Gasteiger partial charge in [0.2, 0.25) is 0 Å². The van der Waals surface area contributed by atoms with Gasteiger partial charge in [0.15, 0.2) is 5.78 Å². The van der Waals surface area contributed by atoms with Gasteiger partial charge >= 0.3 is 0 Å². The lowest BCUT2D eigenvalue weighted by atomic mass is 10.0. The van der Waals surface area contributed by atoms with Crippen molar-refractivity contribution in [1.29, 1.82) is 5.26 Å². The van der Waals surface area contributed by atoms with E-state index in [4.69, 9.17) is 5.26 Å². The van der Waals surface area contributed by atoms with Crippen LogP contribution in [0.25, 0.3) is 0 Å². The Morgan fingerprint density at radius 2 is 2.00 bits per heavy atom. The van der Waals surface area contributed by atoms with Gasteiger partial charge in [-0.15, -0.1) is 11.3 Å². The molecule has 1 aromatic carbocycles. The second-order valence-corrected chi connectivity index (χ2v) is 4.29. The number of hydrogen-bond donors (Lipinski definition) is 0. The van der Waals surface area contributed by atoms with Crippen molar-refractivity contribution in [2.75, 3.05) is 0 Å². The van der Waals surface area contributed by atoms with E-state index in [1.54, 1.807) is 17.5 Å². The zero-order valence-electron chi connectivity index (χ0n) is 8.73. The van der Waals surface area contributed by atoms with E-state index >= 15 is 0 Å². The third kappa shape index (κ3) is 1.75. The quantitative estimate of drug-likeness (QED) is 0.739. The second kappa shape index (κ2) is 4.30. The molecule has 0 spiro atoms. The van der Waals surface area contributed by atoms with Crippen molar-refractivity contribution in [1.82, 2.24) is 0 Å². The first-order chi connectivity index (χ1) is 7.74. The summed E-state index contributed by atoms with van der Waals surface area (Å²) in [6.45, 7) is 1.81. The van der Waals surface area contributed by atoms with Crippen LogP contribution in [0.2, 0.25) is 0 Å². The van der Waals surface area contributed by atoms with Crippen LogP contribution in [0.3, 0.4) is 0 Å². The molecular formula is C13H9NOS. The van der Waals surface area contributed by atoms with Gasteiger partial charge in [0.05, 0.1) is 0 Å². The van der Waals surface area contributed by atoms with Crippen molar-refractivity contribution in [3.63, 3.8) is 0 Å². The van der Waals surface area contributed by atoms with Crippen LogP contribution in [0, 0.1) is 18.3 Å². The summed E-state index contributed by atoms with van der Waals surface area (Å²) >= 11 is 1.32. The fourth-order valence-electron chi connectivity index (χ4n) is 1.50. The van der Waals surface area contributed by atoms with E-state index in [-0.39, 0.29) is 5.78 Å². The van der Waals surface area contributed by atoms with E-state index in [0.717, 1.165) is 5.56 Å². The Labute approximate surface area is 97.8 Å². The van der Waals surface area contributed by atoms with Gasteiger partial charge < -0.3 is 0 Å². The molecule has 0 atom stereocenters.